The highest BCUT2D eigenvalue weighted by Crippen LogP contribution is 2.32. The lowest BCUT2D eigenvalue weighted by Gasteiger charge is -2.22. The molecule has 1 heterocycles. The highest BCUT2D eigenvalue weighted by atomic mass is 16.4. The standard InChI is InChI=1S/C24H29N3O3/c1-3-27(4-2)23(28)19-10-8-17(9-11-19)22(18-12-14-25-15-13-18)20-6-5-7-21(16-20)26-24(29)30/h5-11,16,25-26H,3-4,12-15H2,1-2H3,(H,29,30). The van der Waals surface area contributed by atoms with Crippen molar-refractivity contribution in [2.45, 2.75) is 26.7 Å². The Bertz CT molecular complexity index is 923. The van der Waals surface area contributed by atoms with Crippen LogP contribution in [0.15, 0.2) is 54.1 Å². The van der Waals surface area contributed by atoms with Crippen molar-refractivity contribution in [1.82, 2.24) is 10.2 Å². The molecule has 0 atom stereocenters. The van der Waals surface area contributed by atoms with Gasteiger partial charge in [0.15, 0.2) is 0 Å². The SMILES string of the molecule is CCN(CC)C(=O)c1ccc(C(=C2CCNCC2)c2cccc(NC(=O)O)c2)cc1. The van der Waals surface area contributed by atoms with Gasteiger partial charge in [-0.15, -0.1) is 0 Å². The monoisotopic (exact) mass is 407 g/mol. The van der Waals surface area contributed by atoms with E-state index < -0.39 is 6.09 Å². The smallest absolute Gasteiger partial charge is 0.409 e. The number of anilines is 1. The van der Waals surface area contributed by atoms with Crippen LogP contribution in [0.2, 0.25) is 0 Å². The summed E-state index contributed by atoms with van der Waals surface area (Å²) in [6, 6.07) is 15.2. The van der Waals surface area contributed by atoms with Crippen molar-refractivity contribution in [3.63, 3.8) is 0 Å². The van der Waals surface area contributed by atoms with E-state index in [4.69, 9.17) is 5.11 Å². The summed E-state index contributed by atoms with van der Waals surface area (Å²) in [5, 5.41) is 14.9. The molecule has 1 aliphatic rings. The van der Waals surface area contributed by atoms with Gasteiger partial charge in [-0.2, -0.15) is 0 Å². The minimum Gasteiger partial charge on any atom is -0.465 e. The summed E-state index contributed by atoms with van der Waals surface area (Å²) in [5.74, 6) is 0.0373. The second-order valence-electron chi connectivity index (χ2n) is 7.29. The summed E-state index contributed by atoms with van der Waals surface area (Å²) in [6.45, 7) is 7.17. The van der Waals surface area contributed by atoms with E-state index in [9.17, 15) is 9.59 Å². The van der Waals surface area contributed by atoms with Gasteiger partial charge in [0.05, 0.1) is 0 Å². The number of rotatable bonds is 6. The maximum atomic E-state index is 12.6. The van der Waals surface area contributed by atoms with Gasteiger partial charge in [-0.05, 0) is 80.7 Å². The zero-order chi connectivity index (χ0) is 21.5. The van der Waals surface area contributed by atoms with Crippen molar-refractivity contribution in [1.29, 1.82) is 0 Å². The molecule has 2 aromatic carbocycles. The Morgan fingerprint density at radius 2 is 1.60 bits per heavy atom. The number of carbonyl (C=O) groups excluding carboxylic acids is 1. The number of hydrogen-bond acceptors (Lipinski definition) is 3. The van der Waals surface area contributed by atoms with Crippen LogP contribution < -0.4 is 10.6 Å². The van der Waals surface area contributed by atoms with Crippen LogP contribution in [0.3, 0.4) is 0 Å². The van der Waals surface area contributed by atoms with E-state index in [0.717, 1.165) is 42.6 Å². The van der Waals surface area contributed by atoms with Crippen molar-refractivity contribution in [3.05, 3.63) is 70.8 Å². The third kappa shape index (κ3) is 5.07. The molecule has 0 unspecified atom stereocenters. The molecule has 0 spiro atoms. The lowest BCUT2D eigenvalue weighted by Crippen LogP contribution is -2.30. The second-order valence-corrected chi connectivity index (χ2v) is 7.29. The third-order valence-corrected chi connectivity index (χ3v) is 5.43. The Morgan fingerprint density at radius 3 is 2.20 bits per heavy atom. The Kier molecular flexibility index (Phi) is 7.25. The predicted molar refractivity (Wildman–Crippen MR) is 120 cm³/mol. The Labute approximate surface area is 177 Å². The lowest BCUT2D eigenvalue weighted by molar-refractivity contribution is 0.0773. The van der Waals surface area contributed by atoms with Gasteiger partial charge in [0.2, 0.25) is 0 Å². The van der Waals surface area contributed by atoms with Crippen molar-refractivity contribution in [2.24, 2.45) is 0 Å². The van der Waals surface area contributed by atoms with Crippen LogP contribution >= 0.6 is 0 Å². The van der Waals surface area contributed by atoms with Crippen LogP contribution in [0.4, 0.5) is 10.5 Å². The van der Waals surface area contributed by atoms with Crippen molar-refractivity contribution >= 4 is 23.3 Å². The summed E-state index contributed by atoms with van der Waals surface area (Å²) >= 11 is 0. The molecule has 0 saturated carbocycles. The van der Waals surface area contributed by atoms with Gasteiger partial charge in [-0.1, -0.05) is 29.8 Å². The maximum absolute atomic E-state index is 12.6. The normalized spacial score (nSPS) is 13.6. The molecule has 1 saturated heterocycles. The van der Waals surface area contributed by atoms with E-state index in [1.807, 2.05) is 61.2 Å². The fraction of sp³-hybridized carbons (Fsp3) is 0.333. The Hall–Kier alpha value is -3.12. The molecule has 6 heteroatoms. The van der Waals surface area contributed by atoms with Gasteiger partial charge in [0.25, 0.3) is 5.91 Å². The number of amides is 2. The number of piperidine rings is 1. The number of carbonyl (C=O) groups is 2. The summed E-state index contributed by atoms with van der Waals surface area (Å²) in [5.41, 5.74) is 5.69. The minimum absolute atomic E-state index is 0.0373. The van der Waals surface area contributed by atoms with Gasteiger partial charge >= 0.3 is 6.09 Å². The molecule has 3 rings (SSSR count). The molecular weight excluding hydrogens is 378 g/mol. The van der Waals surface area contributed by atoms with E-state index in [2.05, 4.69) is 10.6 Å². The van der Waals surface area contributed by atoms with Crippen LogP contribution in [0.25, 0.3) is 5.57 Å². The average molecular weight is 408 g/mol. The van der Waals surface area contributed by atoms with Crippen LogP contribution in [-0.4, -0.2) is 48.2 Å². The van der Waals surface area contributed by atoms with Crippen LogP contribution in [0.5, 0.6) is 0 Å². The summed E-state index contributed by atoms with van der Waals surface area (Å²) in [7, 11) is 0. The highest BCUT2D eigenvalue weighted by molar-refractivity contribution is 5.95. The first-order chi connectivity index (χ1) is 14.5. The zero-order valence-electron chi connectivity index (χ0n) is 17.6. The lowest BCUT2D eigenvalue weighted by atomic mass is 9.88. The fourth-order valence-electron chi connectivity index (χ4n) is 3.90. The molecule has 0 radical (unpaired) electrons. The first kappa shape index (κ1) is 21.6. The van der Waals surface area contributed by atoms with Crippen LogP contribution in [0.1, 0.15) is 48.2 Å². The van der Waals surface area contributed by atoms with Gasteiger partial charge in [-0.25, -0.2) is 4.79 Å². The molecule has 3 N–H and O–H groups in total. The Morgan fingerprint density at radius 1 is 0.967 bits per heavy atom. The number of hydrogen-bond donors (Lipinski definition) is 3. The van der Waals surface area contributed by atoms with Crippen molar-refractivity contribution < 1.29 is 14.7 Å². The quantitative estimate of drug-likeness (QED) is 0.661. The molecule has 1 fully saturated rings. The number of nitrogens with one attached hydrogen (secondary N) is 2. The largest absolute Gasteiger partial charge is 0.465 e. The molecule has 0 bridgehead atoms. The first-order valence-electron chi connectivity index (χ1n) is 10.5. The Balaban J connectivity index is 2.00. The number of benzene rings is 2. The van der Waals surface area contributed by atoms with Crippen LogP contribution in [0, 0.1) is 0 Å². The van der Waals surface area contributed by atoms with E-state index in [1.165, 1.54) is 5.57 Å². The van der Waals surface area contributed by atoms with Gasteiger partial charge in [0, 0.05) is 24.3 Å². The second kappa shape index (κ2) is 10.1. The topological polar surface area (TPSA) is 81.7 Å². The molecule has 6 nitrogen and oxygen atoms in total. The van der Waals surface area contributed by atoms with Crippen molar-refractivity contribution in [2.75, 3.05) is 31.5 Å². The minimum atomic E-state index is -1.08. The first-order valence-corrected chi connectivity index (χ1v) is 10.5. The molecule has 0 aromatic heterocycles. The summed E-state index contributed by atoms with van der Waals surface area (Å²) in [4.78, 5) is 25.5. The predicted octanol–water partition coefficient (Wildman–Crippen LogP) is 4.44. The van der Waals surface area contributed by atoms with Gasteiger partial charge < -0.3 is 15.3 Å². The fourth-order valence-corrected chi connectivity index (χ4v) is 3.90. The van der Waals surface area contributed by atoms with Crippen LogP contribution in [-0.2, 0) is 0 Å². The maximum Gasteiger partial charge on any atom is 0.409 e. The molecular formula is C24H29N3O3. The van der Waals surface area contributed by atoms with Crippen molar-refractivity contribution in [3.8, 4) is 0 Å². The summed E-state index contributed by atoms with van der Waals surface area (Å²) < 4.78 is 0. The van der Waals surface area contributed by atoms with E-state index in [0.29, 0.717) is 24.3 Å². The molecule has 2 amide bonds. The van der Waals surface area contributed by atoms with Gasteiger partial charge in [0.1, 0.15) is 0 Å². The molecule has 30 heavy (non-hydrogen) atoms. The molecule has 0 aliphatic carbocycles. The highest BCUT2D eigenvalue weighted by Gasteiger charge is 2.17. The molecule has 1 aliphatic heterocycles. The number of carboxylic acid groups (broad SMARTS) is 1. The van der Waals surface area contributed by atoms with E-state index in [1.54, 1.807) is 6.07 Å². The molecule has 2 aromatic rings. The number of nitrogens with zero attached hydrogens (tertiary/aromatic N) is 1. The van der Waals surface area contributed by atoms with E-state index >= 15 is 0 Å². The average Bonchev–Trinajstić information content (AvgIpc) is 2.76. The van der Waals surface area contributed by atoms with E-state index in [-0.39, 0.29) is 5.91 Å². The summed E-state index contributed by atoms with van der Waals surface area (Å²) in [6.07, 6.45) is 0.792. The molecule has 158 valence electrons. The third-order valence-electron chi connectivity index (χ3n) is 5.43. The zero-order valence-corrected chi connectivity index (χ0v) is 17.6. The van der Waals surface area contributed by atoms with Gasteiger partial charge in [-0.3, -0.25) is 10.1 Å².